The van der Waals surface area contributed by atoms with Gasteiger partial charge in [-0.15, -0.1) is 0 Å². The second-order valence-electron chi connectivity index (χ2n) is 2.99. The number of hydrogen-bond donors (Lipinski definition) is 1. The first-order valence-corrected chi connectivity index (χ1v) is 3.58. The van der Waals surface area contributed by atoms with Crippen molar-refractivity contribution in [1.82, 2.24) is 0 Å². The molecule has 0 aliphatic carbocycles. The Hall–Kier alpha value is -0.720. The molecule has 0 atom stereocenters. The Morgan fingerprint density at radius 3 is 2.10 bits per heavy atom. The van der Waals surface area contributed by atoms with Crippen molar-refractivity contribution in [2.45, 2.75) is 27.7 Å². The van der Waals surface area contributed by atoms with Crippen LogP contribution in [0.2, 0.25) is 0 Å². The topological polar surface area (TPSA) is 20.2 Å². The number of aliphatic hydroxyl groups excluding tert-OH is 1. The molecular weight excluding hydrogens is 124 g/mol. The van der Waals surface area contributed by atoms with Gasteiger partial charge in [0.05, 0.1) is 0 Å². The van der Waals surface area contributed by atoms with Gasteiger partial charge >= 0.3 is 0 Å². The van der Waals surface area contributed by atoms with Gasteiger partial charge in [-0.2, -0.15) is 0 Å². The van der Waals surface area contributed by atoms with E-state index in [0.717, 1.165) is 5.57 Å². The fourth-order valence-electron chi connectivity index (χ4n) is 0.450. The third kappa shape index (κ3) is 4.19. The summed E-state index contributed by atoms with van der Waals surface area (Å²) in [6.07, 6.45) is 3.72. The first-order valence-electron chi connectivity index (χ1n) is 3.58. The summed E-state index contributed by atoms with van der Waals surface area (Å²) in [6.45, 7) is 7.93. The van der Waals surface area contributed by atoms with E-state index in [1.165, 1.54) is 0 Å². The maximum atomic E-state index is 9.17. The second-order valence-corrected chi connectivity index (χ2v) is 2.99. The van der Waals surface area contributed by atoms with Gasteiger partial charge in [0.25, 0.3) is 0 Å². The molecule has 0 amide bonds. The molecule has 0 radical (unpaired) electrons. The Morgan fingerprint density at radius 1 is 1.30 bits per heavy atom. The van der Waals surface area contributed by atoms with E-state index in [9.17, 15) is 0 Å². The number of hydrogen-bond acceptors (Lipinski definition) is 1. The van der Waals surface area contributed by atoms with Gasteiger partial charge in [0, 0.05) is 0 Å². The van der Waals surface area contributed by atoms with Gasteiger partial charge in [-0.3, -0.25) is 0 Å². The monoisotopic (exact) mass is 140 g/mol. The first-order chi connectivity index (χ1) is 4.54. The molecule has 1 heteroatoms. The minimum absolute atomic E-state index is 0.383. The zero-order valence-electron chi connectivity index (χ0n) is 7.18. The highest BCUT2D eigenvalue weighted by Crippen LogP contribution is 2.02. The SMILES string of the molecule is CC(C)=C(O)/C=C\C(C)C. The maximum Gasteiger partial charge on any atom is 0.113 e. The third-order valence-electron chi connectivity index (χ3n) is 1.15. The molecule has 0 fully saturated rings. The van der Waals surface area contributed by atoms with E-state index in [1.54, 1.807) is 6.08 Å². The molecule has 0 aromatic heterocycles. The molecule has 0 aromatic carbocycles. The zero-order chi connectivity index (χ0) is 8.15. The molecule has 0 heterocycles. The summed E-state index contributed by atoms with van der Waals surface area (Å²) in [5.41, 5.74) is 0.955. The van der Waals surface area contributed by atoms with Crippen LogP contribution in [0, 0.1) is 5.92 Å². The van der Waals surface area contributed by atoms with Crippen molar-refractivity contribution in [2.24, 2.45) is 5.92 Å². The quantitative estimate of drug-likeness (QED) is 0.461. The van der Waals surface area contributed by atoms with Crippen molar-refractivity contribution < 1.29 is 5.11 Å². The predicted molar refractivity (Wildman–Crippen MR) is 45.0 cm³/mol. The Balaban J connectivity index is 4.03. The molecule has 0 unspecified atom stereocenters. The van der Waals surface area contributed by atoms with Gasteiger partial charge in [-0.05, 0) is 31.4 Å². The molecule has 58 valence electrons. The summed E-state index contributed by atoms with van der Waals surface area (Å²) >= 11 is 0. The van der Waals surface area contributed by atoms with Crippen LogP contribution in [0.3, 0.4) is 0 Å². The summed E-state index contributed by atoms with van der Waals surface area (Å²) in [6, 6.07) is 0. The number of allylic oxidation sites excluding steroid dienone is 3. The molecule has 0 aliphatic heterocycles. The summed E-state index contributed by atoms with van der Waals surface area (Å²) in [7, 11) is 0. The lowest BCUT2D eigenvalue weighted by Crippen LogP contribution is -1.81. The van der Waals surface area contributed by atoms with Crippen LogP contribution in [-0.2, 0) is 0 Å². The lowest BCUT2D eigenvalue weighted by Gasteiger charge is -1.95. The molecule has 1 nitrogen and oxygen atoms in total. The Labute approximate surface area is 63.1 Å². The molecule has 0 saturated carbocycles. The summed E-state index contributed by atoms with van der Waals surface area (Å²) in [5.74, 6) is 0.884. The molecule has 0 saturated heterocycles. The van der Waals surface area contributed by atoms with Crippen molar-refractivity contribution in [3.8, 4) is 0 Å². The Bertz CT molecular complexity index is 148. The van der Waals surface area contributed by atoms with Crippen molar-refractivity contribution in [3.05, 3.63) is 23.5 Å². The Morgan fingerprint density at radius 2 is 1.80 bits per heavy atom. The van der Waals surface area contributed by atoms with Crippen LogP contribution in [0.4, 0.5) is 0 Å². The Kier molecular flexibility index (Phi) is 3.85. The highest BCUT2D eigenvalue weighted by atomic mass is 16.3. The van der Waals surface area contributed by atoms with Gasteiger partial charge in [-0.1, -0.05) is 19.9 Å². The van der Waals surface area contributed by atoms with Gasteiger partial charge in [0.2, 0.25) is 0 Å². The fraction of sp³-hybridized carbons (Fsp3) is 0.556. The second kappa shape index (κ2) is 4.15. The van der Waals surface area contributed by atoms with Crippen LogP contribution in [0.5, 0.6) is 0 Å². The van der Waals surface area contributed by atoms with E-state index >= 15 is 0 Å². The van der Waals surface area contributed by atoms with Crippen molar-refractivity contribution in [1.29, 1.82) is 0 Å². The van der Waals surface area contributed by atoms with Crippen molar-refractivity contribution in [2.75, 3.05) is 0 Å². The number of rotatable bonds is 2. The summed E-state index contributed by atoms with van der Waals surface area (Å²) in [4.78, 5) is 0. The van der Waals surface area contributed by atoms with Crippen molar-refractivity contribution >= 4 is 0 Å². The molecule has 0 rings (SSSR count). The maximum absolute atomic E-state index is 9.17. The zero-order valence-corrected chi connectivity index (χ0v) is 7.18. The normalized spacial score (nSPS) is 10.9. The van der Waals surface area contributed by atoms with E-state index in [0.29, 0.717) is 11.7 Å². The lowest BCUT2D eigenvalue weighted by molar-refractivity contribution is 0.425. The minimum Gasteiger partial charge on any atom is -0.508 e. The number of aliphatic hydroxyl groups is 1. The average Bonchev–Trinajstić information content (AvgIpc) is 1.82. The van der Waals surface area contributed by atoms with Gasteiger partial charge < -0.3 is 5.11 Å². The van der Waals surface area contributed by atoms with Gasteiger partial charge in [-0.25, -0.2) is 0 Å². The average molecular weight is 140 g/mol. The lowest BCUT2D eigenvalue weighted by atomic mass is 10.2. The molecular formula is C9H16O. The first kappa shape index (κ1) is 9.28. The standard InChI is InChI=1S/C9H16O/c1-7(2)5-6-9(10)8(3)4/h5-7,10H,1-4H3/b6-5-. The molecule has 10 heavy (non-hydrogen) atoms. The predicted octanol–water partition coefficient (Wildman–Crippen LogP) is 3.05. The van der Waals surface area contributed by atoms with Crippen LogP contribution in [0.15, 0.2) is 23.5 Å². The van der Waals surface area contributed by atoms with Crippen molar-refractivity contribution in [3.63, 3.8) is 0 Å². The molecule has 0 aromatic rings. The molecule has 0 bridgehead atoms. The van der Waals surface area contributed by atoms with E-state index in [-0.39, 0.29) is 0 Å². The van der Waals surface area contributed by atoms with E-state index in [4.69, 9.17) is 5.11 Å². The highest BCUT2D eigenvalue weighted by molar-refractivity contribution is 5.15. The molecule has 0 spiro atoms. The van der Waals surface area contributed by atoms with Crippen LogP contribution in [0.1, 0.15) is 27.7 Å². The largest absolute Gasteiger partial charge is 0.508 e. The highest BCUT2D eigenvalue weighted by Gasteiger charge is 1.89. The van der Waals surface area contributed by atoms with Crippen LogP contribution in [-0.4, -0.2) is 5.11 Å². The molecule has 1 N–H and O–H groups in total. The van der Waals surface area contributed by atoms with E-state index in [2.05, 4.69) is 13.8 Å². The van der Waals surface area contributed by atoms with Gasteiger partial charge in [0.15, 0.2) is 0 Å². The summed E-state index contributed by atoms with van der Waals surface area (Å²) < 4.78 is 0. The van der Waals surface area contributed by atoms with E-state index < -0.39 is 0 Å². The summed E-state index contributed by atoms with van der Waals surface area (Å²) in [5, 5.41) is 9.17. The van der Waals surface area contributed by atoms with Gasteiger partial charge in [0.1, 0.15) is 5.76 Å². The van der Waals surface area contributed by atoms with Crippen LogP contribution in [0.25, 0.3) is 0 Å². The molecule has 0 aliphatic rings. The van der Waals surface area contributed by atoms with E-state index in [1.807, 2.05) is 19.9 Å². The smallest absolute Gasteiger partial charge is 0.113 e. The minimum atomic E-state index is 0.383. The third-order valence-corrected chi connectivity index (χ3v) is 1.15. The fourth-order valence-corrected chi connectivity index (χ4v) is 0.450. The van der Waals surface area contributed by atoms with Crippen LogP contribution >= 0.6 is 0 Å². The van der Waals surface area contributed by atoms with Crippen LogP contribution < -0.4 is 0 Å².